The first kappa shape index (κ1) is 12.6. The third-order valence-electron chi connectivity index (χ3n) is 4.76. The van der Waals surface area contributed by atoms with Gasteiger partial charge in [0.25, 0.3) is 0 Å². The maximum Gasteiger partial charge on any atom is 0.0751 e. The van der Waals surface area contributed by atoms with Crippen LogP contribution in [-0.2, 0) is 11.8 Å². The molecule has 0 amide bonds. The Labute approximate surface area is 104 Å². The maximum absolute atomic E-state index is 10.9. The van der Waals surface area contributed by atoms with Crippen LogP contribution in [0.3, 0.4) is 0 Å². The number of aliphatic hydroxyl groups is 1. The lowest BCUT2D eigenvalue weighted by molar-refractivity contribution is -0.0439. The van der Waals surface area contributed by atoms with Gasteiger partial charge in [-0.1, -0.05) is 38.1 Å². The van der Waals surface area contributed by atoms with Crippen molar-refractivity contribution in [2.75, 3.05) is 6.54 Å². The van der Waals surface area contributed by atoms with Crippen molar-refractivity contribution in [2.24, 2.45) is 5.73 Å². The minimum atomic E-state index is -0.672. The van der Waals surface area contributed by atoms with Crippen molar-refractivity contribution in [1.82, 2.24) is 0 Å². The summed E-state index contributed by atoms with van der Waals surface area (Å²) in [6.07, 6.45) is 3.53. The molecule has 0 fully saturated rings. The molecule has 0 aromatic heterocycles. The summed E-state index contributed by atoms with van der Waals surface area (Å²) in [5, 5.41) is 10.9. The van der Waals surface area contributed by atoms with Crippen molar-refractivity contribution in [3.8, 4) is 0 Å². The second-order valence-corrected chi connectivity index (χ2v) is 5.18. The molecule has 0 radical (unpaired) electrons. The summed E-state index contributed by atoms with van der Waals surface area (Å²) in [5.74, 6) is 0. The molecule has 3 N–H and O–H groups in total. The van der Waals surface area contributed by atoms with E-state index in [9.17, 15) is 5.11 Å². The second kappa shape index (κ2) is 4.43. The number of rotatable bonds is 4. The molecular formula is C15H23NO. The summed E-state index contributed by atoms with van der Waals surface area (Å²) >= 11 is 0. The number of benzene rings is 1. The van der Waals surface area contributed by atoms with Crippen molar-refractivity contribution in [3.05, 3.63) is 35.4 Å². The van der Waals surface area contributed by atoms with Gasteiger partial charge in [-0.05, 0) is 36.8 Å². The smallest absolute Gasteiger partial charge is 0.0751 e. The zero-order valence-corrected chi connectivity index (χ0v) is 10.9. The average molecular weight is 233 g/mol. The lowest BCUT2D eigenvalue weighted by Crippen LogP contribution is -2.54. The van der Waals surface area contributed by atoms with Crippen molar-refractivity contribution in [3.63, 3.8) is 0 Å². The maximum atomic E-state index is 10.9. The first-order valence-electron chi connectivity index (χ1n) is 6.64. The quantitative estimate of drug-likeness (QED) is 0.838. The van der Waals surface area contributed by atoms with E-state index in [4.69, 9.17) is 5.73 Å². The minimum absolute atomic E-state index is 0.243. The lowest BCUT2D eigenvalue weighted by Gasteiger charge is -2.44. The molecule has 0 aliphatic heterocycles. The minimum Gasteiger partial charge on any atom is -0.389 e. The van der Waals surface area contributed by atoms with Crippen molar-refractivity contribution < 1.29 is 5.11 Å². The molecule has 1 unspecified atom stereocenters. The van der Waals surface area contributed by atoms with E-state index in [1.165, 1.54) is 11.1 Å². The lowest BCUT2D eigenvalue weighted by atomic mass is 9.65. The Balaban J connectivity index is 2.54. The molecule has 1 atom stereocenters. The Morgan fingerprint density at radius 2 is 1.94 bits per heavy atom. The normalized spacial score (nSPS) is 23.8. The Morgan fingerprint density at radius 3 is 2.53 bits per heavy atom. The van der Waals surface area contributed by atoms with Gasteiger partial charge < -0.3 is 10.8 Å². The van der Waals surface area contributed by atoms with Gasteiger partial charge in [-0.2, -0.15) is 0 Å². The molecule has 1 aliphatic rings. The van der Waals surface area contributed by atoms with E-state index in [0.717, 1.165) is 25.7 Å². The highest BCUT2D eigenvalue weighted by Crippen LogP contribution is 2.48. The number of hydrogen-bond donors (Lipinski definition) is 2. The van der Waals surface area contributed by atoms with Crippen LogP contribution in [0.5, 0.6) is 0 Å². The van der Waals surface area contributed by atoms with Crippen molar-refractivity contribution in [2.45, 2.75) is 50.5 Å². The van der Waals surface area contributed by atoms with E-state index in [1.54, 1.807) is 0 Å². The van der Waals surface area contributed by atoms with Gasteiger partial charge in [0.15, 0.2) is 0 Å². The largest absolute Gasteiger partial charge is 0.389 e. The molecule has 0 spiro atoms. The first-order chi connectivity index (χ1) is 8.13. The van der Waals surface area contributed by atoms with Gasteiger partial charge >= 0.3 is 0 Å². The first-order valence-corrected chi connectivity index (χ1v) is 6.64. The number of fused-ring (bicyclic) bond motifs is 1. The van der Waals surface area contributed by atoms with Crippen LogP contribution in [0.2, 0.25) is 0 Å². The van der Waals surface area contributed by atoms with Gasteiger partial charge in [0.05, 0.1) is 5.60 Å². The molecule has 2 nitrogen and oxygen atoms in total. The summed E-state index contributed by atoms with van der Waals surface area (Å²) in [4.78, 5) is 0. The zero-order valence-electron chi connectivity index (χ0n) is 10.9. The summed E-state index contributed by atoms with van der Waals surface area (Å²) in [7, 11) is 0. The second-order valence-electron chi connectivity index (χ2n) is 5.18. The Bertz CT molecular complexity index is 398. The molecule has 2 heteroatoms. The van der Waals surface area contributed by atoms with Gasteiger partial charge in [0.1, 0.15) is 0 Å². The molecule has 1 aromatic carbocycles. The third-order valence-corrected chi connectivity index (χ3v) is 4.76. The van der Waals surface area contributed by atoms with Crippen LogP contribution in [0, 0.1) is 0 Å². The molecule has 17 heavy (non-hydrogen) atoms. The number of aryl methyl sites for hydroxylation is 1. The summed E-state index contributed by atoms with van der Waals surface area (Å²) in [5.41, 5.74) is 7.78. The molecule has 94 valence electrons. The highest BCUT2D eigenvalue weighted by molar-refractivity contribution is 5.42. The molecule has 0 bridgehead atoms. The van der Waals surface area contributed by atoms with E-state index in [1.807, 2.05) is 0 Å². The highest BCUT2D eigenvalue weighted by Gasteiger charge is 2.51. The molecule has 1 aliphatic carbocycles. The zero-order chi connectivity index (χ0) is 12.5. The van der Waals surface area contributed by atoms with Gasteiger partial charge in [-0.15, -0.1) is 0 Å². The molecule has 0 heterocycles. The molecule has 0 saturated carbocycles. The average Bonchev–Trinajstić information content (AvgIpc) is 2.78. The summed E-state index contributed by atoms with van der Waals surface area (Å²) in [6.45, 7) is 4.64. The molecule has 1 aromatic rings. The summed E-state index contributed by atoms with van der Waals surface area (Å²) < 4.78 is 0. The Kier molecular flexibility index (Phi) is 3.28. The monoisotopic (exact) mass is 233 g/mol. The van der Waals surface area contributed by atoms with Crippen LogP contribution in [0.25, 0.3) is 0 Å². The standard InChI is InChI=1S/C15H23NO/c1-3-15(17,4-2)14(11-16)10-9-12-7-5-6-8-13(12)14/h5-8,17H,3-4,9-11,16H2,1-2H3. The fourth-order valence-electron chi connectivity index (χ4n) is 3.50. The van der Waals surface area contributed by atoms with Gasteiger partial charge in [-0.3, -0.25) is 0 Å². The molecular weight excluding hydrogens is 210 g/mol. The highest BCUT2D eigenvalue weighted by atomic mass is 16.3. The van der Waals surface area contributed by atoms with Crippen molar-refractivity contribution >= 4 is 0 Å². The van der Waals surface area contributed by atoms with Crippen LogP contribution >= 0.6 is 0 Å². The van der Waals surface area contributed by atoms with E-state index < -0.39 is 5.60 Å². The molecule has 2 rings (SSSR count). The topological polar surface area (TPSA) is 46.2 Å². The van der Waals surface area contributed by atoms with Gasteiger partial charge in [0, 0.05) is 12.0 Å². The van der Waals surface area contributed by atoms with Crippen LogP contribution in [-0.4, -0.2) is 17.3 Å². The van der Waals surface area contributed by atoms with Crippen molar-refractivity contribution in [1.29, 1.82) is 0 Å². The van der Waals surface area contributed by atoms with E-state index in [-0.39, 0.29) is 5.41 Å². The Morgan fingerprint density at radius 1 is 1.29 bits per heavy atom. The number of nitrogens with two attached hydrogens (primary N) is 1. The van der Waals surface area contributed by atoms with E-state index in [0.29, 0.717) is 6.54 Å². The SMILES string of the molecule is CCC(O)(CC)C1(CN)CCc2ccccc21. The molecule has 0 saturated heterocycles. The van der Waals surface area contributed by atoms with E-state index >= 15 is 0 Å². The van der Waals surface area contributed by atoms with Crippen LogP contribution in [0.15, 0.2) is 24.3 Å². The summed E-state index contributed by atoms with van der Waals surface area (Å²) in [6, 6.07) is 8.44. The van der Waals surface area contributed by atoms with Gasteiger partial charge in [0.2, 0.25) is 0 Å². The Hall–Kier alpha value is -0.860. The fourth-order valence-corrected chi connectivity index (χ4v) is 3.50. The van der Waals surface area contributed by atoms with Crippen LogP contribution < -0.4 is 5.73 Å². The third kappa shape index (κ3) is 1.62. The van der Waals surface area contributed by atoms with Gasteiger partial charge in [-0.25, -0.2) is 0 Å². The van der Waals surface area contributed by atoms with Crippen LogP contribution in [0.4, 0.5) is 0 Å². The van der Waals surface area contributed by atoms with Crippen LogP contribution in [0.1, 0.15) is 44.2 Å². The predicted molar refractivity (Wildman–Crippen MR) is 71.0 cm³/mol. The number of hydrogen-bond acceptors (Lipinski definition) is 2. The predicted octanol–water partition coefficient (Wildman–Crippen LogP) is 2.38. The fraction of sp³-hybridized carbons (Fsp3) is 0.600. The van der Waals surface area contributed by atoms with E-state index in [2.05, 4.69) is 38.1 Å².